The van der Waals surface area contributed by atoms with E-state index in [1.54, 1.807) is 0 Å². The van der Waals surface area contributed by atoms with Crippen LogP contribution in [0.1, 0.15) is 28.4 Å². The van der Waals surface area contributed by atoms with Gasteiger partial charge in [0.05, 0.1) is 16.7 Å². The molecule has 0 amide bonds. The Hall–Kier alpha value is -1.14. The van der Waals surface area contributed by atoms with Crippen molar-refractivity contribution in [1.29, 1.82) is 0 Å². The van der Waals surface area contributed by atoms with Crippen LogP contribution in [-0.4, -0.2) is 33.9 Å². The lowest BCUT2D eigenvalue weighted by Gasteiger charge is -2.19. The van der Waals surface area contributed by atoms with Crippen LogP contribution in [0.4, 0.5) is 0 Å². The predicted octanol–water partition coefficient (Wildman–Crippen LogP) is 0.781. The Morgan fingerprint density at radius 1 is 1.41 bits per heavy atom. The Balaban J connectivity index is 3.13. The van der Waals surface area contributed by atoms with Crippen LogP contribution in [0.3, 0.4) is 0 Å². The number of nitrogens with two attached hydrogens (primary N) is 1. The molecule has 0 saturated heterocycles. The molecule has 17 heavy (non-hydrogen) atoms. The minimum atomic E-state index is -1.32. The molecule has 0 heterocycles. The average Bonchev–Trinajstić information content (AvgIpc) is 2.27. The van der Waals surface area contributed by atoms with E-state index in [-0.39, 0.29) is 29.1 Å². The summed E-state index contributed by atoms with van der Waals surface area (Å²) >= 11 is 5.75. The van der Waals surface area contributed by atoms with Crippen LogP contribution in [0.15, 0.2) is 18.2 Å². The summed E-state index contributed by atoms with van der Waals surface area (Å²) in [5.74, 6) is -1.25. The fourth-order valence-corrected chi connectivity index (χ4v) is 1.81. The molecule has 0 spiro atoms. The minimum absolute atomic E-state index is 0.0222. The molecule has 1 aromatic rings. The molecule has 6 heteroatoms. The highest BCUT2D eigenvalue weighted by molar-refractivity contribution is 6.33. The van der Waals surface area contributed by atoms with E-state index in [0.29, 0.717) is 0 Å². The molecule has 0 fully saturated rings. The number of carbonyl (C=O) groups is 1. The van der Waals surface area contributed by atoms with Crippen molar-refractivity contribution in [3.63, 3.8) is 0 Å². The smallest absolute Gasteiger partial charge is 0.337 e. The van der Waals surface area contributed by atoms with Gasteiger partial charge in [0.15, 0.2) is 0 Å². The number of aliphatic hydroxyl groups excluding tert-OH is 2. The van der Waals surface area contributed by atoms with E-state index in [2.05, 4.69) is 0 Å². The number of carboxylic acids is 1. The summed E-state index contributed by atoms with van der Waals surface area (Å²) < 4.78 is 0. The molecule has 1 rings (SSSR count). The lowest BCUT2D eigenvalue weighted by molar-refractivity contribution is 0.0141. The van der Waals surface area contributed by atoms with E-state index in [1.165, 1.54) is 18.2 Å². The number of halogens is 1. The number of carboxylic acid groups (broad SMARTS) is 1. The van der Waals surface area contributed by atoms with Gasteiger partial charge in [-0.1, -0.05) is 23.7 Å². The van der Waals surface area contributed by atoms with E-state index in [4.69, 9.17) is 22.4 Å². The summed E-state index contributed by atoms with van der Waals surface area (Å²) in [6.07, 6.45) is -2.26. The van der Waals surface area contributed by atoms with E-state index in [9.17, 15) is 15.0 Å². The molecule has 2 atom stereocenters. The van der Waals surface area contributed by atoms with Gasteiger partial charge in [-0.05, 0) is 24.6 Å². The summed E-state index contributed by atoms with van der Waals surface area (Å²) in [6, 6.07) is 4.35. The monoisotopic (exact) mass is 259 g/mol. The maximum absolute atomic E-state index is 11.0. The quantitative estimate of drug-likeness (QED) is 0.626. The number of hydrogen-bond donors (Lipinski definition) is 4. The molecule has 0 radical (unpaired) electrons. The van der Waals surface area contributed by atoms with Crippen LogP contribution in [0, 0.1) is 0 Å². The number of aromatic carboxylic acids is 1. The standard InChI is InChI=1S/C11H14ClNO4/c12-7-3-1-2-6(9(7)11(16)17)10(15)8(14)4-5-13/h1-3,8,10,14-15H,4-5,13H2,(H,16,17). The van der Waals surface area contributed by atoms with E-state index >= 15 is 0 Å². The van der Waals surface area contributed by atoms with Crippen LogP contribution >= 0.6 is 11.6 Å². The van der Waals surface area contributed by atoms with Crippen LogP contribution in [0.2, 0.25) is 5.02 Å². The molecule has 1 aromatic carbocycles. The third-order valence-electron chi connectivity index (χ3n) is 2.41. The van der Waals surface area contributed by atoms with Crippen molar-refractivity contribution in [3.8, 4) is 0 Å². The van der Waals surface area contributed by atoms with Gasteiger partial charge in [-0.25, -0.2) is 4.79 Å². The molecule has 0 saturated carbocycles. The van der Waals surface area contributed by atoms with Crippen LogP contribution in [0.25, 0.3) is 0 Å². The van der Waals surface area contributed by atoms with E-state index < -0.39 is 18.2 Å². The number of aliphatic hydroxyl groups is 2. The maximum atomic E-state index is 11.0. The van der Waals surface area contributed by atoms with Gasteiger partial charge in [-0.3, -0.25) is 0 Å². The highest BCUT2D eigenvalue weighted by atomic mass is 35.5. The van der Waals surface area contributed by atoms with Gasteiger partial charge in [-0.15, -0.1) is 0 Å². The van der Waals surface area contributed by atoms with Crippen molar-refractivity contribution in [1.82, 2.24) is 0 Å². The topological polar surface area (TPSA) is 104 Å². The molecule has 5 nitrogen and oxygen atoms in total. The first-order valence-corrected chi connectivity index (χ1v) is 5.44. The molecular weight excluding hydrogens is 246 g/mol. The summed E-state index contributed by atoms with van der Waals surface area (Å²) in [5.41, 5.74) is 5.15. The molecule has 0 aromatic heterocycles. The Morgan fingerprint density at radius 2 is 2.06 bits per heavy atom. The summed E-state index contributed by atoms with van der Waals surface area (Å²) in [4.78, 5) is 11.0. The fraction of sp³-hybridized carbons (Fsp3) is 0.364. The largest absolute Gasteiger partial charge is 0.478 e. The lowest BCUT2D eigenvalue weighted by Crippen LogP contribution is -2.23. The average molecular weight is 260 g/mol. The third kappa shape index (κ3) is 3.17. The van der Waals surface area contributed by atoms with Crippen LogP contribution in [0.5, 0.6) is 0 Å². The Kier molecular flexibility index (Phi) is 4.89. The zero-order valence-electron chi connectivity index (χ0n) is 9.01. The molecule has 0 aliphatic carbocycles. The van der Waals surface area contributed by atoms with E-state index in [1.807, 2.05) is 0 Å². The molecule has 0 aliphatic rings. The van der Waals surface area contributed by atoms with Crippen LogP contribution in [-0.2, 0) is 0 Å². The third-order valence-corrected chi connectivity index (χ3v) is 2.72. The molecule has 0 aliphatic heterocycles. The summed E-state index contributed by atoms with van der Waals surface area (Å²) in [7, 11) is 0. The number of benzene rings is 1. The highest BCUT2D eigenvalue weighted by Gasteiger charge is 2.24. The van der Waals surface area contributed by atoms with Crippen molar-refractivity contribution in [2.45, 2.75) is 18.6 Å². The van der Waals surface area contributed by atoms with Crippen molar-refractivity contribution in [3.05, 3.63) is 34.3 Å². The lowest BCUT2D eigenvalue weighted by atomic mass is 9.97. The first-order chi connectivity index (χ1) is 7.99. The Morgan fingerprint density at radius 3 is 2.59 bits per heavy atom. The Labute approximate surface area is 103 Å². The minimum Gasteiger partial charge on any atom is -0.478 e. The summed E-state index contributed by atoms with van der Waals surface area (Å²) in [6.45, 7) is 0.196. The van der Waals surface area contributed by atoms with Crippen molar-refractivity contribution in [2.75, 3.05) is 6.54 Å². The molecule has 2 unspecified atom stereocenters. The number of hydrogen-bond acceptors (Lipinski definition) is 4. The predicted molar refractivity (Wildman–Crippen MR) is 63.0 cm³/mol. The summed E-state index contributed by atoms with van der Waals surface area (Å²) in [5, 5.41) is 28.5. The first kappa shape index (κ1) is 13.9. The second-order valence-electron chi connectivity index (χ2n) is 3.60. The molecular formula is C11H14ClNO4. The van der Waals surface area contributed by atoms with Gasteiger partial charge < -0.3 is 21.1 Å². The molecule has 94 valence electrons. The van der Waals surface area contributed by atoms with Crippen molar-refractivity contribution in [2.24, 2.45) is 5.73 Å². The zero-order chi connectivity index (χ0) is 13.0. The Bertz CT molecular complexity index is 410. The van der Waals surface area contributed by atoms with Gasteiger partial charge in [-0.2, -0.15) is 0 Å². The van der Waals surface area contributed by atoms with Gasteiger partial charge in [0, 0.05) is 0 Å². The SMILES string of the molecule is NCCC(O)C(O)c1cccc(Cl)c1C(=O)O. The highest BCUT2D eigenvalue weighted by Crippen LogP contribution is 2.27. The van der Waals surface area contributed by atoms with Gasteiger partial charge in [0.2, 0.25) is 0 Å². The molecule has 0 bridgehead atoms. The zero-order valence-corrected chi connectivity index (χ0v) is 9.76. The van der Waals surface area contributed by atoms with Gasteiger partial charge in [0.1, 0.15) is 6.10 Å². The molecule has 5 N–H and O–H groups in total. The second kappa shape index (κ2) is 5.97. The van der Waals surface area contributed by atoms with E-state index in [0.717, 1.165) is 0 Å². The van der Waals surface area contributed by atoms with Gasteiger partial charge in [0.25, 0.3) is 0 Å². The number of rotatable bonds is 5. The van der Waals surface area contributed by atoms with Crippen molar-refractivity contribution >= 4 is 17.6 Å². The van der Waals surface area contributed by atoms with Crippen molar-refractivity contribution < 1.29 is 20.1 Å². The fourth-order valence-electron chi connectivity index (χ4n) is 1.55. The second-order valence-corrected chi connectivity index (χ2v) is 4.01. The van der Waals surface area contributed by atoms with Gasteiger partial charge >= 0.3 is 5.97 Å². The first-order valence-electron chi connectivity index (χ1n) is 5.07. The normalized spacial score (nSPS) is 14.4. The van der Waals surface area contributed by atoms with Crippen LogP contribution < -0.4 is 5.73 Å². The maximum Gasteiger partial charge on any atom is 0.337 e.